The zero-order valence-corrected chi connectivity index (χ0v) is 30.3. The van der Waals surface area contributed by atoms with Gasteiger partial charge in [-0.05, 0) is 104 Å². The average Bonchev–Trinajstić information content (AvgIpc) is 3.80. The number of hydrogen-bond donors (Lipinski definition) is 0. The zero-order valence-electron chi connectivity index (χ0n) is 28.7. The Labute approximate surface area is 315 Å². The third-order valence-corrected chi connectivity index (χ3v) is 13.0. The van der Waals surface area contributed by atoms with Crippen LogP contribution in [-0.2, 0) is 0 Å². The van der Waals surface area contributed by atoms with Gasteiger partial charge in [0.25, 0.3) is 0 Å². The van der Waals surface area contributed by atoms with Crippen molar-refractivity contribution in [2.75, 3.05) is 4.90 Å². The van der Waals surface area contributed by atoms with Gasteiger partial charge in [0.05, 0.1) is 0 Å². The van der Waals surface area contributed by atoms with Crippen molar-refractivity contribution in [3.8, 4) is 22.3 Å². The van der Waals surface area contributed by atoms with Crippen molar-refractivity contribution in [3.63, 3.8) is 0 Å². The van der Waals surface area contributed by atoms with Crippen LogP contribution in [0.2, 0.25) is 0 Å². The highest BCUT2D eigenvalue weighted by Crippen LogP contribution is 2.48. The van der Waals surface area contributed by atoms with E-state index in [1.165, 1.54) is 84.1 Å². The molecule has 0 atom stereocenters. The summed E-state index contributed by atoms with van der Waals surface area (Å²) in [4.78, 5) is 2.42. The molecule has 0 radical (unpaired) electrons. The van der Waals surface area contributed by atoms with Crippen molar-refractivity contribution in [1.82, 2.24) is 0 Å². The molecule has 0 amide bonds. The van der Waals surface area contributed by atoms with Crippen molar-refractivity contribution in [1.29, 1.82) is 0 Å². The lowest BCUT2D eigenvalue weighted by molar-refractivity contribution is 1.29. The third-order valence-electron chi connectivity index (χ3n) is 10.6. The summed E-state index contributed by atoms with van der Waals surface area (Å²) in [6, 6.07) is 69.0. The van der Waals surface area contributed by atoms with Crippen LogP contribution in [0.25, 0.3) is 84.1 Å². The highest BCUT2D eigenvalue weighted by atomic mass is 32.1. The number of thiophene rings is 2. The van der Waals surface area contributed by atoms with Crippen LogP contribution in [-0.4, -0.2) is 0 Å². The maximum Gasteiger partial charge on any atom is 0.0468 e. The van der Waals surface area contributed by atoms with E-state index in [1.54, 1.807) is 0 Å². The van der Waals surface area contributed by atoms with Crippen LogP contribution in [0.1, 0.15) is 0 Å². The molecule has 0 bridgehead atoms. The normalized spacial score (nSPS) is 11.8. The second-order valence-corrected chi connectivity index (χ2v) is 15.9. The van der Waals surface area contributed by atoms with Crippen molar-refractivity contribution in [3.05, 3.63) is 188 Å². The van der Waals surface area contributed by atoms with Gasteiger partial charge in [-0.3, -0.25) is 0 Å². The Morgan fingerprint density at radius 1 is 0.302 bits per heavy atom. The first-order valence-corrected chi connectivity index (χ1v) is 19.6. The van der Waals surface area contributed by atoms with E-state index >= 15 is 0 Å². The van der Waals surface area contributed by atoms with E-state index in [4.69, 9.17) is 0 Å². The Bertz CT molecular complexity index is 3170. The van der Waals surface area contributed by atoms with E-state index in [2.05, 4.69) is 193 Å². The van der Waals surface area contributed by atoms with Crippen LogP contribution in [0.3, 0.4) is 0 Å². The minimum atomic E-state index is 1.12. The predicted molar refractivity (Wildman–Crippen MR) is 233 cm³/mol. The third kappa shape index (κ3) is 5.04. The highest BCUT2D eigenvalue weighted by Gasteiger charge is 2.19. The van der Waals surface area contributed by atoms with E-state index in [0.717, 1.165) is 17.1 Å². The summed E-state index contributed by atoms with van der Waals surface area (Å²) in [6.07, 6.45) is 0. The molecule has 2 aromatic heterocycles. The summed E-state index contributed by atoms with van der Waals surface area (Å²) in [6.45, 7) is 0. The molecule has 0 aliphatic heterocycles. The van der Waals surface area contributed by atoms with Crippen LogP contribution in [0.15, 0.2) is 188 Å². The molecular formula is C50H31NS2. The molecule has 248 valence electrons. The summed E-state index contributed by atoms with van der Waals surface area (Å²) in [5.74, 6) is 0. The fourth-order valence-corrected chi connectivity index (χ4v) is 10.4. The van der Waals surface area contributed by atoms with Crippen molar-refractivity contribution >= 4 is 102 Å². The molecule has 0 spiro atoms. The predicted octanol–water partition coefficient (Wildman–Crippen LogP) is 15.5. The topological polar surface area (TPSA) is 3.24 Å². The van der Waals surface area contributed by atoms with Crippen molar-refractivity contribution < 1.29 is 0 Å². The standard InChI is InChI=1S/C50H31NS2/c1-2-9-32(10-3-1)37-14-8-15-40(30-37)51(39-22-19-34(20-23-39)38-18-17-33-11-4-5-13-36(33)29-38)41-24-26-45-44(31-41)49-46(52-45)27-28-47-48(49)43-25-21-35-12-6-7-16-42(35)50(43)53-47/h1-31H. The van der Waals surface area contributed by atoms with Crippen LogP contribution < -0.4 is 4.90 Å². The molecule has 2 heterocycles. The molecule has 53 heavy (non-hydrogen) atoms. The fourth-order valence-electron chi connectivity index (χ4n) is 8.06. The molecule has 0 aliphatic carbocycles. The molecule has 0 unspecified atom stereocenters. The molecule has 0 saturated carbocycles. The number of hydrogen-bond acceptors (Lipinski definition) is 3. The number of anilines is 3. The van der Waals surface area contributed by atoms with Gasteiger partial charge in [0.1, 0.15) is 0 Å². The highest BCUT2D eigenvalue weighted by molar-refractivity contribution is 7.28. The smallest absolute Gasteiger partial charge is 0.0468 e. The first-order chi connectivity index (χ1) is 26.2. The van der Waals surface area contributed by atoms with E-state index in [-0.39, 0.29) is 0 Å². The van der Waals surface area contributed by atoms with Crippen LogP contribution >= 0.6 is 22.7 Å². The maximum atomic E-state index is 2.42. The van der Waals surface area contributed by atoms with Gasteiger partial charge < -0.3 is 4.90 Å². The summed E-state index contributed by atoms with van der Waals surface area (Å²) in [5.41, 5.74) is 8.22. The monoisotopic (exact) mass is 709 g/mol. The zero-order chi connectivity index (χ0) is 34.9. The van der Waals surface area contributed by atoms with Gasteiger partial charge >= 0.3 is 0 Å². The number of rotatable bonds is 5. The Balaban J connectivity index is 1.11. The van der Waals surface area contributed by atoms with E-state index in [9.17, 15) is 0 Å². The molecule has 1 nitrogen and oxygen atoms in total. The molecule has 11 aromatic rings. The van der Waals surface area contributed by atoms with Gasteiger partial charge in [0.15, 0.2) is 0 Å². The lowest BCUT2D eigenvalue weighted by Gasteiger charge is -2.26. The largest absolute Gasteiger partial charge is 0.310 e. The average molecular weight is 710 g/mol. The van der Waals surface area contributed by atoms with Crippen LogP contribution in [0.5, 0.6) is 0 Å². The van der Waals surface area contributed by atoms with Gasteiger partial charge in [-0.15, -0.1) is 22.7 Å². The Hall–Kier alpha value is -6.26. The summed E-state index contributed by atoms with van der Waals surface area (Å²) < 4.78 is 5.34. The second kappa shape index (κ2) is 12.2. The summed E-state index contributed by atoms with van der Waals surface area (Å²) in [5, 5.41) is 10.5. The first-order valence-electron chi connectivity index (χ1n) is 18.0. The summed E-state index contributed by atoms with van der Waals surface area (Å²) >= 11 is 3.81. The lowest BCUT2D eigenvalue weighted by atomic mass is 10.0. The first kappa shape index (κ1) is 30.4. The molecular weight excluding hydrogens is 679 g/mol. The van der Waals surface area contributed by atoms with E-state index < -0.39 is 0 Å². The molecule has 3 heteroatoms. The quantitative estimate of drug-likeness (QED) is 0.172. The Morgan fingerprint density at radius 2 is 0.906 bits per heavy atom. The van der Waals surface area contributed by atoms with Gasteiger partial charge in [0.2, 0.25) is 0 Å². The Kier molecular flexibility index (Phi) is 6.97. The number of benzene rings is 9. The second-order valence-electron chi connectivity index (χ2n) is 13.7. The van der Waals surface area contributed by atoms with Crippen LogP contribution in [0.4, 0.5) is 17.1 Å². The van der Waals surface area contributed by atoms with Gasteiger partial charge in [-0.2, -0.15) is 0 Å². The molecule has 0 fully saturated rings. The molecule has 0 aliphatic rings. The van der Waals surface area contributed by atoms with Gasteiger partial charge in [0, 0.05) is 57.4 Å². The minimum absolute atomic E-state index is 1.12. The lowest BCUT2D eigenvalue weighted by Crippen LogP contribution is -2.10. The fraction of sp³-hybridized carbons (Fsp3) is 0. The Morgan fingerprint density at radius 3 is 1.77 bits per heavy atom. The molecule has 0 N–H and O–H groups in total. The van der Waals surface area contributed by atoms with Crippen LogP contribution in [0, 0.1) is 0 Å². The van der Waals surface area contributed by atoms with E-state index in [1.807, 2.05) is 22.7 Å². The van der Waals surface area contributed by atoms with Gasteiger partial charge in [-0.1, -0.05) is 127 Å². The molecule has 11 rings (SSSR count). The number of nitrogens with zero attached hydrogens (tertiary/aromatic N) is 1. The summed E-state index contributed by atoms with van der Waals surface area (Å²) in [7, 11) is 0. The SMILES string of the molecule is c1ccc(-c2cccc(N(c3ccc(-c4ccc5ccccc5c4)cc3)c3ccc4sc5ccc6sc7c8ccccc8ccc7c6c5c4c3)c2)cc1. The number of fused-ring (bicyclic) bond motifs is 10. The minimum Gasteiger partial charge on any atom is -0.310 e. The van der Waals surface area contributed by atoms with Crippen molar-refractivity contribution in [2.24, 2.45) is 0 Å². The maximum absolute atomic E-state index is 2.42. The molecule has 0 saturated heterocycles. The molecule has 9 aromatic carbocycles. The van der Waals surface area contributed by atoms with Crippen molar-refractivity contribution in [2.45, 2.75) is 0 Å². The van der Waals surface area contributed by atoms with E-state index in [0.29, 0.717) is 0 Å². The van der Waals surface area contributed by atoms with Gasteiger partial charge in [-0.25, -0.2) is 0 Å².